The number of ketones is 1. The van der Waals surface area contributed by atoms with Crippen LogP contribution in [0.5, 0.6) is 0 Å². The van der Waals surface area contributed by atoms with E-state index in [1.165, 1.54) is 6.07 Å². The minimum Gasteiger partial charge on any atom is -0.393 e. The van der Waals surface area contributed by atoms with E-state index in [0.29, 0.717) is 25.8 Å². The van der Waals surface area contributed by atoms with Crippen molar-refractivity contribution in [2.24, 2.45) is 11.8 Å². The lowest BCUT2D eigenvalue weighted by Crippen LogP contribution is -2.42. The molecular formula is C20H26ClF3N2O2. The van der Waals surface area contributed by atoms with Crippen molar-refractivity contribution in [2.45, 2.75) is 56.8 Å². The zero-order chi connectivity index (χ0) is 20.3. The van der Waals surface area contributed by atoms with Gasteiger partial charge in [0.15, 0.2) is 5.78 Å². The molecule has 0 radical (unpaired) electrons. The average Bonchev–Trinajstić information content (AvgIpc) is 2.78. The predicted molar refractivity (Wildman–Crippen MR) is 102 cm³/mol. The molecule has 1 aliphatic heterocycles. The van der Waals surface area contributed by atoms with Crippen LogP contribution in [0.2, 0.25) is 5.02 Å². The van der Waals surface area contributed by atoms with Crippen LogP contribution < -0.4 is 10.6 Å². The van der Waals surface area contributed by atoms with Gasteiger partial charge in [0.2, 0.25) is 0 Å². The molecule has 1 heterocycles. The molecule has 156 valence electrons. The summed E-state index contributed by atoms with van der Waals surface area (Å²) in [6.07, 6.45) is -0.567. The van der Waals surface area contributed by atoms with E-state index in [1.807, 2.05) is 0 Å². The molecule has 1 aliphatic carbocycles. The number of benzene rings is 1. The highest BCUT2D eigenvalue weighted by atomic mass is 35.5. The van der Waals surface area contributed by atoms with Gasteiger partial charge in [-0.1, -0.05) is 24.4 Å². The third kappa shape index (κ3) is 5.39. The van der Waals surface area contributed by atoms with Crippen LogP contribution in [0.15, 0.2) is 18.2 Å². The molecule has 4 atom stereocenters. The highest BCUT2D eigenvalue weighted by Crippen LogP contribution is 2.35. The van der Waals surface area contributed by atoms with Crippen molar-refractivity contribution < 1.29 is 23.1 Å². The van der Waals surface area contributed by atoms with Gasteiger partial charge in [-0.05, 0) is 56.3 Å². The molecule has 3 rings (SSSR count). The van der Waals surface area contributed by atoms with Gasteiger partial charge in [-0.25, -0.2) is 0 Å². The molecule has 0 spiro atoms. The highest BCUT2D eigenvalue weighted by Gasteiger charge is 2.35. The Kier molecular flexibility index (Phi) is 6.89. The fourth-order valence-corrected chi connectivity index (χ4v) is 4.47. The number of carbonyl (C=O) groups is 1. The minimum absolute atomic E-state index is 0.0174. The van der Waals surface area contributed by atoms with Crippen molar-refractivity contribution in [2.75, 3.05) is 18.4 Å². The van der Waals surface area contributed by atoms with Crippen molar-refractivity contribution in [1.29, 1.82) is 0 Å². The SMILES string of the molecule is O=C1C(CC2CNCCC2O)CCCCC1Nc1cc(Cl)cc(C(F)(F)F)c1. The lowest BCUT2D eigenvalue weighted by Gasteiger charge is -2.31. The molecule has 0 amide bonds. The first-order valence-electron chi connectivity index (χ1n) is 9.81. The molecule has 3 N–H and O–H groups in total. The molecule has 28 heavy (non-hydrogen) atoms. The number of nitrogens with one attached hydrogen (secondary N) is 2. The Morgan fingerprint density at radius 3 is 2.64 bits per heavy atom. The van der Waals surface area contributed by atoms with Crippen LogP contribution in [0.25, 0.3) is 0 Å². The van der Waals surface area contributed by atoms with Gasteiger partial charge in [0.25, 0.3) is 0 Å². The number of Topliss-reactive ketones (excluding diaryl/α,β-unsaturated/α-hetero) is 1. The summed E-state index contributed by atoms with van der Waals surface area (Å²) in [6, 6.07) is 2.75. The molecule has 4 unspecified atom stereocenters. The number of rotatable bonds is 4. The van der Waals surface area contributed by atoms with Gasteiger partial charge in [0, 0.05) is 23.2 Å². The number of halogens is 4. The molecule has 1 saturated heterocycles. The number of anilines is 1. The van der Waals surface area contributed by atoms with Gasteiger partial charge in [0.1, 0.15) is 0 Å². The zero-order valence-corrected chi connectivity index (χ0v) is 16.3. The standard InChI is InChI=1S/C20H26ClF3N2O2/c21-15-8-14(20(22,23)24)9-16(10-15)26-17-4-2-1-3-12(19(17)28)7-13-11-25-6-5-18(13)27/h8-10,12-13,17-18,25-27H,1-7,11H2. The van der Waals surface area contributed by atoms with Crippen molar-refractivity contribution in [3.63, 3.8) is 0 Å². The number of alkyl halides is 3. The van der Waals surface area contributed by atoms with Crippen LogP contribution in [-0.4, -0.2) is 36.1 Å². The number of aliphatic hydroxyl groups is 1. The number of hydrogen-bond donors (Lipinski definition) is 3. The van der Waals surface area contributed by atoms with Crippen LogP contribution in [0, 0.1) is 11.8 Å². The summed E-state index contributed by atoms with van der Waals surface area (Å²) in [5.74, 6) is -0.144. The van der Waals surface area contributed by atoms with Gasteiger partial charge in [-0.2, -0.15) is 13.2 Å². The fourth-order valence-electron chi connectivity index (χ4n) is 4.24. The van der Waals surface area contributed by atoms with Crippen molar-refractivity contribution in [1.82, 2.24) is 5.32 Å². The molecule has 1 aromatic carbocycles. The molecular weight excluding hydrogens is 393 g/mol. The van der Waals surface area contributed by atoms with E-state index in [4.69, 9.17) is 11.6 Å². The summed E-state index contributed by atoms with van der Waals surface area (Å²) in [5.41, 5.74) is -0.630. The molecule has 4 nitrogen and oxygen atoms in total. The first-order chi connectivity index (χ1) is 13.2. The highest BCUT2D eigenvalue weighted by molar-refractivity contribution is 6.31. The monoisotopic (exact) mass is 418 g/mol. The van der Waals surface area contributed by atoms with Crippen molar-refractivity contribution >= 4 is 23.1 Å². The average molecular weight is 419 g/mol. The normalized spacial score (nSPS) is 29.4. The van der Waals surface area contributed by atoms with E-state index in [-0.39, 0.29) is 28.3 Å². The second-order valence-electron chi connectivity index (χ2n) is 7.86. The summed E-state index contributed by atoms with van der Waals surface area (Å²) in [5, 5.41) is 16.4. The van der Waals surface area contributed by atoms with E-state index in [2.05, 4.69) is 10.6 Å². The third-order valence-electron chi connectivity index (χ3n) is 5.76. The largest absolute Gasteiger partial charge is 0.416 e. The van der Waals surface area contributed by atoms with Crippen LogP contribution in [0.1, 0.15) is 44.1 Å². The van der Waals surface area contributed by atoms with Crippen molar-refractivity contribution in [3.05, 3.63) is 28.8 Å². The Balaban J connectivity index is 1.72. The van der Waals surface area contributed by atoms with E-state index in [0.717, 1.165) is 37.9 Å². The maximum absolute atomic E-state index is 13.1. The summed E-state index contributed by atoms with van der Waals surface area (Å²) in [7, 11) is 0. The number of aliphatic hydroxyl groups excluding tert-OH is 1. The summed E-state index contributed by atoms with van der Waals surface area (Å²) >= 11 is 5.86. The maximum Gasteiger partial charge on any atom is 0.416 e. The first kappa shape index (κ1) is 21.4. The van der Waals surface area contributed by atoms with Crippen LogP contribution in [0.4, 0.5) is 18.9 Å². The van der Waals surface area contributed by atoms with Gasteiger partial charge < -0.3 is 15.7 Å². The molecule has 8 heteroatoms. The third-order valence-corrected chi connectivity index (χ3v) is 5.98. The lowest BCUT2D eigenvalue weighted by atomic mass is 9.82. The van der Waals surface area contributed by atoms with Crippen LogP contribution in [-0.2, 0) is 11.0 Å². The Labute approximate surface area is 167 Å². The Bertz CT molecular complexity index is 699. The Morgan fingerprint density at radius 1 is 1.18 bits per heavy atom. The van der Waals surface area contributed by atoms with Gasteiger partial charge in [-0.3, -0.25) is 4.79 Å². The van der Waals surface area contributed by atoms with E-state index < -0.39 is 23.9 Å². The zero-order valence-electron chi connectivity index (χ0n) is 15.6. The maximum atomic E-state index is 13.1. The Morgan fingerprint density at radius 2 is 1.93 bits per heavy atom. The molecule has 1 aromatic rings. The summed E-state index contributed by atoms with van der Waals surface area (Å²) in [4.78, 5) is 13.1. The van der Waals surface area contributed by atoms with Crippen LogP contribution in [0.3, 0.4) is 0 Å². The van der Waals surface area contributed by atoms with Crippen molar-refractivity contribution in [3.8, 4) is 0 Å². The summed E-state index contributed by atoms with van der Waals surface area (Å²) in [6.45, 7) is 1.46. The van der Waals surface area contributed by atoms with E-state index in [9.17, 15) is 23.1 Å². The molecule has 2 aliphatic rings. The van der Waals surface area contributed by atoms with Crippen LogP contribution >= 0.6 is 11.6 Å². The quantitative estimate of drug-likeness (QED) is 0.639. The minimum atomic E-state index is -4.50. The summed E-state index contributed by atoms with van der Waals surface area (Å²) < 4.78 is 39.1. The fraction of sp³-hybridized carbons (Fsp3) is 0.650. The van der Waals surface area contributed by atoms with E-state index >= 15 is 0 Å². The topological polar surface area (TPSA) is 61.4 Å². The van der Waals surface area contributed by atoms with Gasteiger partial charge in [-0.15, -0.1) is 0 Å². The second-order valence-corrected chi connectivity index (χ2v) is 8.30. The molecule has 1 saturated carbocycles. The van der Waals surface area contributed by atoms with E-state index in [1.54, 1.807) is 0 Å². The lowest BCUT2D eigenvalue weighted by molar-refractivity contribution is -0.137. The number of piperidine rings is 1. The van der Waals surface area contributed by atoms with Gasteiger partial charge in [0.05, 0.1) is 17.7 Å². The number of carbonyl (C=O) groups excluding carboxylic acids is 1. The second kappa shape index (κ2) is 9.01. The predicted octanol–water partition coefficient (Wildman–Crippen LogP) is 4.26. The first-order valence-corrected chi connectivity index (χ1v) is 10.2. The van der Waals surface area contributed by atoms with Gasteiger partial charge >= 0.3 is 6.18 Å². The number of hydrogen-bond acceptors (Lipinski definition) is 4. The molecule has 2 fully saturated rings. The Hall–Kier alpha value is -1.31. The molecule has 0 bridgehead atoms. The molecule has 0 aromatic heterocycles. The smallest absolute Gasteiger partial charge is 0.393 e.